The number of benzene rings is 1. The maximum atomic E-state index is 11.6. The Kier molecular flexibility index (Phi) is 5.07. The van der Waals surface area contributed by atoms with Crippen molar-refractivity contribution in [1.29, 1.82) is 0 Å². The number of esters is 1. The third kappa shape index (κ3) is 3.63. The van der Waals surface area contributed by atoms with Crippen molar-refractivity contribution in [1.82, 2.24) is 20.2 Å². The molecule has 0 atom stereocenters. The minimum absolute atomic E-state index is 0.203. The van der Waals surface area contributed by atoms with Gasteiger partial charge in [0.1, 0.15) is 5.60 Å². The van der Waals surface area contributed by atoms with Gasteiger partial charge in [-0.1, -0.05) is 30.3 Å². The van der Waals surface area contributed by atoms with E-state index in [2.05, 4.69) is 24.8 Å². The lowest BCUT2D eigenvalue weighted by Crippen LogP contribution is -2.47. The molecule has 1 spiro atoms. The summed E-state index contributed by atoms with van der Waals surface area (Å²) in [4.78, 5) is 23.3. The number of aromatic nitrogens is 4. The predicted octanol–water partition coefficient (Wildman–Crippen LogP) is 2.79. The molecule has 31 heavy (non-hydrogen) atoms. The van der Waals surface area contributed by atoms with Crippen LogP contribution in [0, 0.1) is 0 Å². The Balaban J connectivity index is 1.38. The molecular weight excluding hydrogens is 394 g/mol. The van der Waals surface area contributed by atoms with Gasteiger partial charge >= 0.3 is 5.97 Å². The van der Waals surface area contributed by atoms with E-state index >= 15 is 0 Å². The van der Waals surface area contributed by atoms with Crippen LogP contribution in [0.3, 0.4) is 0 Å². The summed E-state index contributed by atoms with van der Waals surface area (Å²) in [5.74, 6) is 0.986. The zero-order valence-electron chi connectivity index (χ0n) is 17.3. The van der Waals surface area contributed by atoms with Crippen LogP contribution in [0.1, 0.15) is 34.6 Å². The van der Waals surface area contributed by atoms with Crippen LogP contribution in [0.5, 0.6) is 0 Å². The van der Waals surface area contributed by atoms with E-state index in [4.69, 9.17) is 9.72 Å². The van der Waals surface area contributed by atoms with Gasteiger partial charge in [-0.25, -0.2) is 14.8 Å². The third-order valence-electron chi connectivity index (χ3n) is 6.02. The summed E-state index contributed by atoms with van der Waals surface area (Å²) in [6.07, 6.45) is 4.38. The van der Waals surface area contributed by atoms with Crippen LogP contribution < -0.4 is 4.90 Å². The van der Waals surface area contributed by atoms with E-state index in [0.29, 0.717) is 6.61 Å². The molecule has 2 aliphatic rings. The van der Waals surface area contributed by atoms with E-state index in [1.165, 1.54) is 12.7 Å². The van der Waals surface area contributed by atoms with E-state index in [9.17, 15) is 4.79 Å². The van der Waals surface area contributed by atoms with E-state index in [-0.39, 0.29) is 5.69 Å². The highest BCUT2D eigenvalue weighted by Gasteiger charge is 2.43. The lowest BCUT2D eigenvalue weighted by atomic mass is 9.83. The molecular formula is C23H23N5O3. The van der Waals surface area contributed by atoms with E-state index in [1.54, 1.807) is 6.07 Å². The van der Waals surface area contributed by atoms with Gasteiger partial charge in [0.15, 0.2) is 17.3 Å². The molecule has 1 fully saturated rings. The number of ether oxygens (including phenoxy) is 2. The van der Waals surface area contributed by atoms with E-state index in [1.807, 2.05) is 42.6 Å². The standard InChI is InChI=1S/C23H23N5O3/c1-30-22(29)18-7-8-19(27-26-18)28-12-10-23(11-13-28)20-17(9-14-31-23)15-24-21(25-20)16-5-3-2-4-6-16/h2-8,15H,9-14H2,1H3. The molecule has 2 aromatic heterocycles. The number of hydrogen-bond acceptors (Lipinski definition) is 8. The topological polar surface area (TPSA) is 90.3 Å². The average Bonchev–Trinajstić information content (AvgIpc) is 2.85. The molecule has 0 saturated carbocycles. The molecule has 158 valence electrons. The van der Waals surface area contributed by atoms with Crippen LogP contribution in [0.25, 0.3) is 11.4 Å². The summed E-state index contributed by atoms with van der Waals surface area (Å²) >= 11 is 0. The SMILES string of the molecule is COC(=O)c1ccc(N2CCC3(CC2)OCCc2cnc(-c4ccccc4)nc23)nn1. The molecule has 0 N–H and O–H groups in total. The van der Waals surface area contributed by atoms with Gasteiger partial charge in [-0.2, -0.15) is 0 Å². The zero-order chi connectivity index (χ0) is 21.3. The number of rotatable bonds is 3. The van der Waals surface area contributed by atoms with E-state index in [0.717, 1.165) is 55.3 Å². The lowest BCUT2D eigenvalue weighted by Gasteiger charge is -2.44. The van der Waals surface area contributed by atoms with Crippen molar-refractivity contribution in [2.24, 2.45) is 0 Å². The molecule has 0 amide bonds. The van der Waals surface area contributed by atoms with Crippen molar-refractivity contribution in [3.8, 4) is 11.4 Å². The van der Waals surface area contributed by atoms with Crippen LogP contribution >= 0.6 is 0 Å². The number of hydrogen-bond donors (Lipinski definition) is 0. The zero-order valence-corrected chi connectivity index (χ0v) is 17.3. The number of fused-ring (bicyclic) bond motifs is 2. The van der Waals surface area contributed by atoms with Gasteiger partial charge in [-0.3, -0.25) is 0 Å². The molecule has 8 heteroatoms. The van der Waals surface area contributed by atoms with Crippen molar-refractivity contribution in [2.45, 2.75) is 24.9 Å². The first-order valence-corrected chi connectivity index (χ1v) is 10.4. The fraction of sp³-hybridized carbons (Fsp3) is 0.348. The van der Waals surface area contributed by atoms with Gasteiger partial charge in [0.2, 0.25) is 0 Å². The van der Waals surface area contributed by atoms with Gasteiger partial charge < -0.3 is 14.4 Å². The summed E-state index contributed by atoms with van der Waals surface area (Å²) in [7, 11) is 1.33. The number of anilines is 1. The molecule has 4 heterocycles. The van der Waals surface area contributed by atoms with Crippen molar-refractivity contribution in [3.63, 3.8) is 0 Å². The fourth-order valence-corrected chi connectivity index (χ4v) is 4.32. The molecule has 0 radical (unpaired) electrons. The first-order chi connectivity index (χ1) is 15.2. The summed E-state index contributed by atoms with van der Waals surface area (Å²) < 4.78 is 11.0. The normalized spacial score (nSPS) is 17.3. The first kappa shape index (κ1) is 19.6. The Morgan fingerprint density at radius 1 is 1.10 bits per heavy atom. The van der Waals surface area contributed by atoms with Crippen LogP contribution in [-0.2, 0) is 21.5 Å². The highest BCUT2D eigenvalue weighted by Crippen LogP contribution is 2.41. The van der Waals surface area contributed by atoms with Crippen molar-refractivity contribution < 1.29 is 14.3 Å². The largest absolute Gasteiger partial charge is 0.464 e. The number of carbonyl (C=O) groups excluding carboxylic acids is 1. The van der Waals surface area contributed by atoms with Crippen LogP contribution in [-0.4, -0.2) is 52.9 Å². The Morgan fingerprint density at radius 2 is 1.90 bits per heavy atom. The maximum Gasteiger partial charge on any atom is 0.358 e. The first-order valence-electron chi connectivity index (χ1n) is 10.4. The Labute approximate surface area is 180 Å². The molecule has 0 aliphatic carbocycles. The van der Waals surface area contributed by atoms with Gasteiger partial charge in [-0.05, 0) is 37.0 Å². The minimum Gasteiger partial charge on any atom is -0.464 e. The van der Waals surface area contributed by atoms with Gasteiger partial charge in [-0.15, -0.1) is 10.2 Å². The highest BCUT2D eigenvalue weighted by atomic mass is 16.5. The summed E-state index contributed by atoms with van der Waals surface area (Å²) in [5.41, 5.74) is 2.98. The highest BCUT2D eigenvalue weighted by molar-refractivity contribution is 5.87. The number of methoxy groups -OCH3 is 1. The quantitative estimate of drug-likeness (QED) is 0.601. The summed E-state index contributed by atoms with van der Waals surface area (Å²) in [5, 5.41) is 8.20. The van der Waals surface area contributed by atoms with Crippen LogP contribution in [0.4, 0.5) is 5.82 Å². The van der Waals surface area contributed by atoms with Gasteiger partial charge in [0.25, 0.3) is 0 Å². The van der Waals surface area contributed by atoms with Crippen molar-refractivity contribution in [2.75, 3.05) is 31.7 Å². The second kappa shape index (κ2) is 8.03. The van der Waals surface area contributed by atoms with Crippen LogP contribution in [0.2, 0.25) is 0 Å². The molecule has 1 saturated heterocycles. The van der Waals surface area contributed by atoms with Crippen molar-refractivity contribution in [3.05, 3.63) is 65.6 Å². The molecule has 2 aliphatic heterocycles. The average molecular weight is 417 g/mol. The Bertz CT molecular complexity index is 1080. The smallest absolute Gasteiger partial charge is 0.358 e. The Morgan fingerprint density at radius 3 is 2.61 bits per heavy atom. The van der Waals surface area contributed by atoms with Crippen molar-refractivity contribution >= 4 is 11.8 Å². The molecule has 0 unspecified atom stereocenters. The molecule has 1 aromatic carbocycles. The summed E-state index contributed by atoms with van der Waals surface area (Å²) in [6.45, 7) is 2.20. The molecule has 5 rings (SSSR count). The molecule has 8 nitrogen and oxygen atoms in total. The summed E-state index contributed by atoms with van der Waals surface area (Å²) in [6, 6.07) is 13.5. The van der Waals surface area contributed by atoms with E-state index < -0.39 is 11.6 Å². The fourth-order valence-electron chi connectivity index (χ4n) is 4.32. The number of piperidine rings is 1. The Hall–Kier alpha value is -3.39. The van der Waals surface area contributed by atoms with Gasteiger partial charge in [0, 0.05) is 24.8 Å². The molecule has 0 bridgehead atoms. The molecule has 3 aromatic rings. The second-order valence-corrected chi connectivity index (χ2v) is 7.78. The van der Waals surface area contributed by atoms with Crippen LogP contribution in [0.15, 0.2) is 48.7 Å². The predicted molar refractivity (Wildman–Crippen MR) is 114 cm³/mol. The van der Waals surface area contributed by atoms with Gasteiger partial charge in [0.05, 0.1) is 19.4 Å². The third-order valence-corrected chi connectivity index (χ3v) is 6.02. The lowest BCUT2D eigenvalue weighted by molar-refractivity contribution is -0.0801. The number of nitrogens with zero attached hydrogens (tertiary/aromatic N) is 5. The maximum absolute atomic E-state index is 11.6. The monoisotopic (exact) mass is 417 g/mol. The second-order valence-electron chi connectivity index (χ2n) is 7.78. The number of carbonyl (C=O) groups is 1. The minimum atomic E-state index is -0.488.